The van der Waals surface area contributed by atoms with Gasteiger partial charge in [0.1, 0.15) is 6.54 Å². The second kappa shape index (κ2) is 8.24. The van der Waals surface area contributed by atoms with E-state index in [2.05, 4.69) is 37.2 Å². The number of imide groups is 1. The van der Waals surface area contributed by atoms with Crippen LogP contribution in [0.25, 0.3) is 0 Å². The molecule has 2 bridgehead atoms. The molecule has 1 aromatic carbocycles. The second-order valence-corrected chi connectivity index (χ2v) is 10.5. The van der Waals surface area contributed by atoms with Crippen LogP contribution in [0.4, 0.5) is 5.69 Å². The van der Waals surface area contributed by atoms with Crippen molar-refractivity contribution >= 4 is 72.8 Å². The Bertz CT molecular complexity index is 910. The van der Waals surface area contributed by atoms with Gasteiger partial charge in [-0.05, 0) is 42.9 Å². The zero-order valence-corrected chi connectivity index (χ0v) is 19.9. The largest absolute Gasteiger partial charge is 0.454 e. The highest BCUT2D eigenvalue weighted by Gasteiger charge is 2.66. The summed E-state index contributed by atoms with van der Waals surface area (Å²) in [6.07, 6.45) is 0.820. The molecular formula is C20H19Br2ClN2O5. The predicted octanol–water partition coefficient (Wildman–Crippen LogP) is 2.91. The van der Waals surface area contributed by atoms with Crippen LogP contribution in [0.5, 0.6) is 0 Å². The van der Waals surface area contributed by atoms with Gasteiger partial charge >= 0.3 is 5.97 Å². The number of alkyl halides is 2. The molecule has 160 valence electrons. The molecule has 30 heavy (non-hydrogen) atoms. The topological polar surface area (TPSA) is 92.8 Å². The number of hydrogen-bond acceptors (Lipinski definition) is 5. The number of nitrogens with zero attached hydrogens (tertiary/aromatic N) is 1. The number of nitrogens with one attached hydrogen (secondary N) is 1. The van der Waals surface area contributed by atoms with E-state index in [-0.39, 0.29) is 45.1 Å². The van der Waals surface area contributed by atoms with E-state index in [0.717, 1.165) is 16.9 Å². The molecular weight excluding hydrogens is 543 g/mol. The number of halogens is 3. The highest BCUT2D eigenvalue weighted by Crippen LogP contribution is 2.60. The van der Waals surface area contributed by atoms with Gasteiger partial charge in [-0.25, -0.2) is 0 Å². The lowest BCUT2D eigenvalue weighted by Gasteiger charge is -2.28. The van der Waals surface area contributed by atoms with Crippen molar-refractivity contribution in [1.82, 2.24) is 4.90 Å². The smallest absolute Gasteiger partial charge is 0.326 e. The molecule has 1 aromatic rings. The van der Waals surface area contributed by atoms with Crippen LogP contribution in [0.2, 0.25) is 5.02 Å². The van der Waals surface area contributed by atoms with Gasteiger partial charge in [0.25, 0.3) is 5.91 Å². The first-order valence-corrected chi connectivity index (χ1v) is 11.7. The minimum Gasteiger partial charge on any atom is -0.454 e. The van der Waals surface area contributed by atoms with Gasteiger partial charge in [-0.3, -0.25) is 24.1 Å². The maximum absolute atomic E-state index is 12.8. The van der Waals surface area contributed by atoms with Crippen LogP contribution in [-0.2, 0) is 23.9 Å². The van der Waals surface area contributed by atoms with E-state index in [0.29, 0.717) is 10.7 Å². The lowest BCUT2D eigenvalue weighted by molar-refractivity contribution is -0.154. The summed E-state index contributed by atoms with van der Waals surface area (Å²) in [6.45, 7) is 0.839. The highest BCUT2D eigenvalue weighted by molar-refractivity contribution is 9.12. The molecule has 3 amide bonds. The molecule has 3 aliphatic rings. The van der Waals surface area contributed by atoms with E-state index in [1.165, 1.54) is 0 Å². The zero-order chi connectivity index (χ0) is 21.7. The molecule has 1 aliphatic heterocycles. The number of rotatable bonds is 5. The Hall–Kier alpha value is -1.45. The maximum Gasteiger partial charge on any atom is 0.326 e. The van der Waals surface area contributed by atoms with Crippen molar-refractivity contribution in [2.75, 3.05) is 18.5 Å². The molecule has 10 heteroatoms. The quantitative estimate of drug-likeness (QED) is 0.339. The molecule has 1 N–H and O–H groups in total. The Kier molecular flexibility index (Phi) is 5.98. The summed E-state index contributed by atoms with van der Waals surface area (Å²) in [5, 5.41) is 3.09. The number of ether oxygens (including phenoxy) is 1. The third kappa shape index (κ3) is 3.69. The van der Waals surface area contributed by atoms with E-state index in [9.17, 15) is 19.2 Å². The third-order valence-corrected chi connectivity index (χ3v) is 9.80. The van der Waals surface area contributed by atoms with Gasteiger partial charge in [-0.15, -0.1) is 0 Å². The van der Waals surface area contributed by atoms with Gasteiger partial charge in [0.2, 0.25) is 11.8 Å². The normalized spacial score (nSPS) is 31.8. The summed E-state index contributed by atoms with van der Waals surface area (Å²) in [6, 6.07) is 5.04. The molecule has 0 spiro atoms. The lowest BCUT2D eigenvalue weighted by atomic mass is 9.81. The summed E-state index contributed by atoms with van der Waals surface area (Å²) in [4.78, 5) is 51.0. The van der Waals surface area contributed by atoms with Gasteiger partial charge < -0.3 is 10.1 Å². The molecule has 0 unspecified atom stereocenters. The molecule has 0 aromatic heterocycles. The fourth-order valence-electron chi connectivity index (χ4n) is 4.75. The van der Waals surface area contributed by atoms with Crippen LogP contribution in [0.15, 0.2) is 18.2 Å². The average Bonchev–Trinajstić information content (AvgIpc) is 3.30. The fraction of sp³-hybridized carbons (Fsp3) is 0.500. The monoisotopic (exact) mass is 560 g/mol. The summed E-state index contributed by atoms with van der Waals surface area (Å²) in [5.41, 5.74) is 1.35. The van der Waals surface area contributed by atoms with Crippen LogP contribution in [0, 0.1) is 30.6 Å². The van der Waals surface area contributed by atoms with Crippen LogP contribution in [0.1, 0.15) is 12.0 Å². The number of carbonyl (C=O) groups excluding carboxylic acids is 4. The number of benzene rings is 1. The van der Waals surface area contributed by atoms with Crippen molar-refractivity contribution in [1.29, 1.82) is 0 Å². The SMILES string of the molecule is Cc1ccc(NC(=O)COC(=O)CN2C(=O)[C@@H]3[C@H]4C[C@@H]([C@H](Br)[C@H]4Br)[C@H]3C2=O)cc1Cl. The molecule has 0 radical (unpaired) electrons. The van der Waals surface area contributed by atoms with E-state index in [1.807, 2.05) is 6.92 Å². The Morgan fingerprint density at radius 1 is 1.17 bits per heavy atom. The minimum absolute atomic E-state index is 0.0777. The van der Waals surface area contributed by atoms with Crippen LogP contribution in [0.3, 0.4) is 0 Å². The first kappa shape index (κ1) is 21.8. The van der Waals surface area contributed by atoms with Gasteiger partial charge in [-0.1, -0.05) is 49.5 Å². The van der Waals surface area contributed by atoms with E-state index >= 15 is 0 Å². The molecule has 2 saturated carbocycles. The van der Waals surface area contributed by atoms with E-state index in [4.69, 9.17) is 16.3 Å². The van der Waals surface area contributed by atoms with Crippen LogP contribution in [-0.4, -0.2) is 51.4 Å². The predicted molar refractivity (Wildman–Crippen MR) is 117 cm³/mol. The van der Waals surface area contributed by atoms with Crippen LogP contribution < -0.4 is 5.32 Å². The number of hydrogen-bond donors (Lipinski definition) is 1. The minimum atomic E-state index is -0.799. The molecule has 1 saturated heterocycles. The Morgan fingerprint density at radius 3 is 2.33 bits per heavy atom. The van der Waals surface area contributed by atoms with Crippen molar-refractivity contribution in [3.05, 3.63) is 28.8 Å². The summed E-state index contributed by atoms with van der Waals surface area (Å²) in [5.74, 6) is -2.60. The van der Waals surface area contributed by atoms with Gasteiger partial charge in [0.05, 0.1) is 11.8 Å². The first-order valence-electron chi connectivity index (χ1n) is 9.54. The van der Waals surface area contributed by atoms with Crippen molar-refractivity contribution in [3.8, 4) is 0 Å². The standard InChI is InChI=1S/C20H19Br2ClN2O5/c1-8-2-3-9(4-12(8)23)24-13(26)7-30-14(27)6-25-19(28)15-10-5-11(16(15)20(25)29)18(22)17(10)21/h2-4,10-11,15-18H,5-7H2,1H3,(H,24,26)/t10-,11-,15-,16-,17+,18+/m1/s1. The van der Waals surface area contributed by atoms with E-state index in [1.54, 1.807) is 18.2 Å². The maximum atomic E-state index is 12.8. The summed E-state index contributed by atoms with van der Waals surface area (Å²) in [7, 11) is 0. The number of aryl methyl sites for hydroxylation is 1. The Morgan fingerprint density at radius 2 is 1.77 bits per heavy atom. The van der Waals surface area contributed by atoms with Gasteiger partial charge in [0.15, 0.2) is 6.61 Å². The Labute approximate surface area is 195 Å². The molecule has 1 heterocycles. The molecule has 6 atom stereocenters. The second-order valence-electron chi connectivity index (χ2n) is 7.94. The lowest BCUT2D eigenvalue weighted by Crippen LogP contribution is -2.38. The van der Waals surface area contributed by atoms with Crippen molar-refractivity contribution in [2.24, 2.45) is 23.7 Å². The summed E-state index contributed by atoms with van der Waals surface area (Å²) >= 11 is 13.3. The molecule has 2 aliphatic carbocycles. The Balaban J connectivity index is 1.31. The number of fused-ring (bicyclic) bond motifs is 5. The van der Waals surface area contributed by atoms with Gasteiger partial charge in [-0.2, -0.15) is 0 Å². The molecule has 3 fully saturated rings. The molecule has 7 nitrogen and oxygen atoms in total. The van der Waals surface area contributed by atoms with Crippen LogP contribution >= 0.6 is 43.5 Å². The number of carbonyl (C=O) groups is 4. The average molecular weight is 563 g/mol. The first-order chi connectivity index (χ1) is 14.2. The zero-order valence-electron chi connectivity index (χ0n) is 15.9. The molecule has 4 rings (SSSR count). The number of esters is 1. The number of anilines is 1. The third-order valence-electron chi connectivity index (χ3n) is 6.19. The highest BCUT2D eigenvalue weighted by atomic mass is 79.9. The van der Waals surface area contributed by atoms with Gasteiger partial charge in [0, 0.05) is 20.4 Å². The summed E-state index contributed by atoms with van der Waals surface area (Å²) < 4.78 is 4.97. The van der Waals surface area contributed by atoms with Crippen molar-refractivity contribution < 1.29 is 23.9 Å². The van der Waals surface area contributed by atoms with Crippen molar-refractivity contribution in [2.45, 2.75) is 23.0 Å². The fourth-order valence-corrected chi connectivity index (χ4v) is 6.81. The number of likely N-dealkylation sites (tertiary alicyclic amines) is 1. The number of amides is 3. The van der Waals surface area contributed by atoms with Crippen molar-refractivity contribution in [3.63, 3.8) is 0 Å². The van der Waals surface area contributed by atoms with E-state index < -0.39 is 25.0 Å².